The molecule has 8 heteroatoms. The van der Waals surface area contributed by atoms with E-state index in [9.17, 15) is 17.6 Å². The third-order valence-corrected chi connectivity index (χ3v) is 4.85. The van der Waals surface area contributed by atoms with E-state index >= 15 is 0 Å². The van der Waals surface area contributed by atoms with Gasteiger partial charge in [0.1, 0.15) is 11.6 Å². The van der Waals surface area contributed by atoms with Gasteiger partial charge >= 0.3 is 6.36 Å². The SMILES string of the molecule is Cl.FC1=CCC(C=Cc2nc3ccc(-c4ccccc4OC(F)(F)F)cc3[nH]2)CC1. The largest absolute Gasteiger partial charge is 0.573 e. The van der Waals surface area contributed by atoms with Gasteiger partial charge in [-0.3, -0.25) is 0 Å². The van der Waals surface area contributed by atoms with Crippen LogP contribution in [0.25, 0.3) is 28.2 Å². The molecule has 4 rings (SSSR count). The molecule has 0 fully saturated rings. The lowest BCUT2D eigenvalue weighted by molar-refractivity contribution is -0.274. The smallest absolute Gasteiger partial charge is 0.405 e. The molecule has 0 radical (unpaired) electrons. The number of nitrogens with zero attached hydrogens (tertiary/aromatic N) is 1. The average Bonchev–Trinajstić information content (AvgIpc) is 3.09. The Kier molecular flexibility index (Phi) is 6.51. The predicted molar refractivity (Wildman–Crippen MR) is 111 cm³/mol. The maximum Gasteiger partial charge on any atom is 0.573 e. The number of aromatic nitrogens is 2. The number of alkyl halides is 3. The first-order valence-electron chi connectivity index (χ1n) is 9.25. The van der Waals surface area contributed by atoms with Crippen LogP contribution in [-0.2, 0) is 0 Å². The van der Waals surface area contributed by atoms with Crippen LogP contribution in [0.15, 0.2) is 60.4 Å². The molecule has 1 aliphatic carbocycles. The molecule has 2 aromatic carbocycles. The van der Waals surface area contributed by atoms with E-state index in [1.165, 1.54) is 12.1 Å². The molecule has 30 heavy (non-hydrogen) atoms. The third-order valence-electron chi connectivity index (χ3n) is 4.85. The van der Waals surface area contributed by atoms with Gasteiger partial charge in [-0.25, -0.2) is 9.37 Å². The summed E-state index contributed by atoms with van der Waals surface area (Å²) in [6, 6.07) is 11.2. The van der Waals surface area contributed by atoms with Crippen LogP contribution in [0.1, 0.15) is 25.1 Å². The van der Waals surface area contributed by atoms with E-state index in [0.717, 1.165) is 6.42 Å². The number of para-hydroxylation sites is 1. The Labute approximate surface area is 176 Å². The number of H-pyrrole nitrogens is 1. The lowest BCUT2D eigenvalue weighted by atomic mass is 9.93. The molecule has 0 bridgehead atoms. The van der Waals surface area contributed by atoms with E-state index in [0.29, 0.717) is 40.8 Å². The Morgan fingerprint density at radius 2 is 1.93 bits per heavy atom. The van der Waals surface area contributed by atoms with Crippen molar-refractivity contribution in [1.29, 1.82) is 0 Å². The molecule has 0 saturated heterocycles. The minimum Gasteiger partial charge on any atom is -0.405 e. The first-order chi connectivity index (χ1) is 13.9. The monoisotopic (exact) mass is 438 g/mol. The Hall–Kier alpha value is -2.80. The van der Waals surface area contributed by atoms with Crippen molar-refractivity contribution < 1.29 is 22.3 Å². The maximum absolute atomic E-state index is 13.1. The van der Waals surface area contributed by atoms with Gasteiger partial charge in [-0.15, -0.1) is 25.6 Å². The van der Waals surface area contributed by atoms with E-state index in [4.69, 9.17) is 0 Å². The van der Waals surface area contributed by atoms with E-state index in [2.05, 4.69) is 14.7 Å². The number of hydrogen-bond donors (Lipinski definition) is 1. The zero-order valence-corrected chi connectivity index (χ0v) is 16.6. The normalized spacial score (nSPS) is 17.1. The number of imidazole rings is 1. The lowest BCUT2D eigenvalue weighted by Crippen LogP contribution is -2.17. The molecule has 1 aliphatic rings. The molecular formula is C22H19ClF4N2O. The molecule has 0 aliphatic heterocycles. The van der Waals surface area contributed by atoms with Crippen molar-refractivity contribution in [3.63, 3.8) is 0 Å². The fraction of sp³-hybridized carbons (Fsp3) is 0.227. The van der Waals surface area contributed by atoms with E-state index in [-0.39, 0.29) is 29.9 Å². The number of halogens is 5. The molecule has 1 heterocycles. The van der Waals surface area contributed by atoms with Gasteiger partial charge in [0, 0.05) is 5.56 Å². The second-order valence-corrected chi connectivity index (χ2v) is 6.94. The van der Waals surface area contributed by atoms with Gasteiger partial charge in [-0.2, -0.15) is 0 Å². The van der Waals surface area contributed by atoms with Crippen LogP contribution in [0, 0.1) is 5.92 Å². The molecule has 3 nitrogen and oxygen atoms in total. The zero-order chi connectivity index (χ0) is 20.4. The van der Waals surface area contributed by atoms with Gasteiger partial charge in [-0.1, -0.05) is 36.4 Å². The Morgan fingerprint density at radius 3 is 2.67 bits per heavy atom. The number of aromatic amines is 1. The maximum atomic E-state index is 13.1. The second-order valence-electron chi connectivity index (χ2n) is 6.94. The number of allylic oxidation sites excluding steroid dienone is 3. The Bertz CT molecular complexity index is 1090. The molecular weight excluding hydrogens is 420 g/mol. The standard InChI is InChI=1S/C22H18F4N2O.ClH/c23-16-9-5-14(6-10-16)7-12-21-27-18-11-8-15(13-19(18)28-21)17-3-1-2-4-20(17)29-22(24,25)26;/h1-4,7-9,11-14H,5-6,10H2,(H,27,28);1H. The molecule has 0 saturated carbocycles. The van der Waals surface area contributed by atoms with Crippen molar-refractivity contribution >= 4 is 29.5 Å². The van der Waals surface area contributed by atoms with Crippen LogP contribution in [0.5, 0.6) is 5.75 Å². The Balaban J connectivity index is 0.00000256. The number of hydrogen-bond acceptors (Lipinski definition) is 2. The van der Waals surface area contributed by atoms with Crippen molar-refractivity contribution in [3.05, 3.63) is 66.3 Å². The summed E-state index contributed by atoms with van der Waals surface area (Å²) in [6.07, 6.45) is 2.61. The van der Waals surface area contributed by atoms with Crippen LogP contribution in [0.3, 0.4) is 0 Å². The first-order valence-corrected chi connectivity index (χ1v) is 9.25. The quantitative estimate of drug-likeness (QED) is 0.437. The van der Waals surface area contributed by atoms with Crippen molar-refractivity contribution in [2.45, 2.75) is 25.6 Å². The van der Waals surface area contributed by atoms with E-state index < -0.39 is 6.36 Å². The van der Waals surface area contributed by atoms with Crippen LogP contribution >= 0.6 is 12.4 Å². The fourth-order valence-electron chi connectivity index (χ4n) is 3.42. The highest BCUT2D eigenvalue weighted by Crippen LogP contribution is 2.34. The second kappa shape index (κ2) is 8.92. The molecule has 1 aromatic heterocycles. The molecule has 158 valence electrons. The minimum atomic E-state index is -4.76. The third kappa shape index (κ3) is 5.21. The molecule has 1 atom stereocenters. The van der Waals surface area contributed by atoms with Gasteiger partial charge in [-0.05, 0) is 55.0 Å². The summed E-state index contributed by atoms with van der Waals surface area (Å²) < 4.78 is 55.3. The summed E-state index contributed by atoms with van der Waals surface area (Å²) in [5, 5.41) is 0. The number of benzene rings is 2. The molecule has 0 amide bonds. The molecule has 3 aromatic rings. The molecule has 1 N–H and O–H groups in total. The van der Waals surface area contributed by atoms with Gasteiger partial charge in [0.2, 0.25) is 0 Å². The van der Waals surface area contributed by atoms with E-state index in [1.807, 2.05) is 12.2 Å². The number of ether oxygens (including phenoxy) is 1. The highest BCUT2D eigenvalue weighted by atomic mass is 35.5. The van der Waals surface area contributed by atoms with Crippen molar-refractivity contribution in [3.8, 4) is 16.9 Å². The summed E-state index contributed by atoms with van der Waals surface area (Å²) in [7, 11) is 0. The number of nitrogens with one attached hydrogen (secondary N) is 1. The molecule has 1 unspecified atom stereocenters. The topological polar surface area (TPSA) is 37.9 Å². The highest BCUT2D eigenvalue weighted by molar-refractivity contribution is 5.85. The van der Waals surface area contributed by atoms with Crippen LogP contribution in [0.4, 0.5) is 17.6 Å². The first kappa shape index (κ1) is 21.9. The van der Waals surface area contributed by atoms with Crippen LogP contribution in [-0.4, -0.2) is 16.3 Å². The van der Waals surface area contributed by atoms with E-state index in [1.54, 1.807) is 36.4 Å². The summed E-state index contributed by atoms with van der Waals surface area (Å²) in [6.45, 7) is 0. The zero-order valence-electron chi connectivity index (χ0n) is 15.7. The summed E-state index contributed by atoms with van der Waals surface area (Å²) in [5.74, 6) is 0.605. The van der Waals surface area contributed by atoms with Crippen LogP contribution < -0.4 is 4.74 Å². The number of rotatable bonds is 4. The number of fused-ring (bicyclic) bond motifs is 1. The van der Waals surface area contributed by atoms with Gasteiger partial charge < -0.3 is 9.72 Å². The predicted octanol–water partition coefficient (Wildman–Crippen LogP) is 7.22. The summed E-state index contributed by atoms with van der Waals surface area (Å²) in [5.41, 5.74) is 2.34. The molecule has 0 spiro atoms. The van der Waals surface area contributed by atoms with Crippen molar-refractivity contribution in [2.24, 2.45) is 5.92 Å². The lowest BCUT2D eigenvalue weighted by Gasteiger charge is -2.14. The highest BCUT2D eigenvalue weighted by Gasteiger charge is 2.32. The van der Waals surface area contributed by atoms with Gasteiger partial charge in [0.15, 0.2) is 0 Å². The average molecular weight is 439 g/mol. The van der Waals surface area contributed by atoms with Gasteiger partial charge in [0.25, 0.3) is 0 Å². The fourth-order valence-corrected chi connectivity index (χ4v) is 3.42. The summed E-state index contributed by atoms with van der Waals surface area (Å²) in [4.78, 5) is 7.66. The summed E-state index contributed by atoms with van der Waals surface area (Å²) >= 11 is 0. The Morgan fingerprint density at radius 1 is 1.13 bits per heavy atom. The van der Waals surface area contributed by atoms with Crippen molar-refractivity contribution in [1.82, 2.24) is 9.97 Å². The van der Waals surface area contributed by atoms with Crippen LogP contribution in [0.2, 0.25) is 0 Å². The minimum absolute atomic E-state index is 0. The van der Waals surface area contributed by atoms with Crippen molar-refractivity contribution in [2.75, 3.05) is 0 Å². The van der Waals surface area contributed by atoms with Gasteiger partial charge in [0.05, 0.1) is 16.9 Å².